The van der Waals surface area contributed by atoms with Gasteiger partial charge in [-0.1, -0.05) is 30.3 Å². The number of fused-ring (bicyclic) bond motifs is 2. The highest BCUT2D eigenvalue weighted by Gasteiger charge is 2.31. The number of imidazole rings is 1. The first-order valence-electron chi connectivity index (χ1n) is 9.21. The molecular weight excluding hydrogens is 338 g/mol. The fourth-order valence-electron chi connectivity index (χ4n) is 3.92. The van der Waals surface area contributed by atoms with Crippen molar-refractivity contribution in [2.75, 3.05) is 0 Å². The molecule has 1 aromatic carbocycles. The van der Waals surface area contributed by atoms with Gasteiger partial charge in [-0.2, -0.15) is 0 Å². The van der Waals surface area contributed by atoms with E-state index in [1.54, 1.807) is 0 Å². The van der Waals surface area contributed by atoms with Crippen LogP contribution in [0.25, 0.3) is 5.65 Å². The van der Waals surface area contributed by atoms with Crippen molar-refractivity contribution < 1.29 is 4.42 Å². The maximum atomic E-state index is 5.79. The molecule has 0 unspecified atom stereocenters. The van der Waals surface area contributed by atoms with Crippen molar-refractivity contribution >= 4 is 5.65 Å². The second-order valence-corrected chi connectivity index (χ2v) is 7.21. The van der Waals surface area contributed by atoms with E-state index in [9.17, 15) is 0 Å². The van der Waals surface area contributed by atoms with Crippen molar-refractivity contribution in [1.82, 2.24) is 24.5 Å². The molecule has 0 aliphatic carbocycles. The van der Waals surface area contributed by atoms with Crippen molar-refractivity contribution in [3.63, 3.8) is 0 Å². The van der Waals surface area contributed by atoms with Gasteiger partial charge in [0.25, 0.3) is 0 Å². The highest BCUT2D eigenvalue weighted by molar-refractivity contribution is 5.47. The molecule has 4 heterocycles. The van der Waals surface area contributed by atoms with E-state index in [-0.39, 0.29) is 6.04 Å². The standard InChI is InChI=1S/C21H21N5O/c1-14-6-5-9-25-12-18(22-20(14)25)13-26-11-17-8-4-3-7-16(17)10-19(26)21-24-23-15(2)27-21/h3-9,12,19H,10-11,13H2,1-2H3/t19-/m1/s1. The van der Waals surface area contributed by atoms with Gasteiger partial charge in [0.1, 0.15) is 5.65 Å². The fourth-order valence-corrected chi connectivity index (χ4v) is 3.92. The van der Waals surface area contributed by atoms with Crippen LogP contribution in [0.2, 0.25) is 0 Å². The Morgan fingerprint density at radius 3 is 2.70 bits per heavy atom. The van der Waals surface area contributed by atoms with E-state index >= 15 is 0 Å². The Bertz CT molecular complexity index is 1110. The number of aryl methyl sites for hydroxylation is 2. The third kappa shape index (κ3) is 2.92. The Labute approximate surface area is 157 Å². The summed E-state index contributed by atoms with van der Waals surface area (Å²) in [5, 5.41) is 8.35. The predicted molar refractivity (Wildman–Crippen MR) is 101 cm³/mol. The molecule has 0 saturated heterocycles. The lowest BCUT2D eigenvalue weighted by Crippen LogP contribution is -2.34. The highest BCUT2D eigenvalue weighted by atomic mass is 16.4. The lowest BCUT2D eigenvalue weighted by molar-refractivity contribution is 0.136. The van der Waals surface area contributed by atoms with Crippen LogP contribution in [0.4, 0.5) is 0 Å². The second kappa shape index (κ2) is 6.32. The summed E-state index contributed by atoms with van der Waals surface area (Å²) in [4.78, 5) is 7.23. The summed E-state index contributed by atoms with van der Waals surface area (Å²) in [6.07, 6.45) is 5.02. The Balaban J connectivity index is 1.51. The normalized spacial score (nSPS) is 17.3. The van der Waals surface area contributed by atoms with E-state index in [4.69, 9.17) is 9.40 Å². The van der Waals surface area contributed by atoms with Gasteiger partial charge in [0.15, 0.2) is 0 Å². The third-order valence-electron chi connectivity index (χ3n) is 5.27. The molecule has 0 radical (unpaired) electrons. The van der Waals surface area contributed by atoms with Crippen molar-refractivity contribution in [1.29, 1.82) is 0 Å². The first-order valence-corrected chi connectivity index (χ1v) is 9.21. The van der Waals surface area contributed by atoms with Crippen molar-refractivity contribution in [2.45, 2.75) is 39.4 Å². The average molecular weight is 359 g/mol. The predicted octanol–water partition coefficient (Wildman–Crippen LogP) is 3.63. The van der Waals surface area contributed by atoms with Crippen LogP contribution in [0.5, 0.6) is 0 Å². The Morgan fingerprint density at radius 1 is 1.07 bits per heavy atom. The first kappa shape index (κ1) is 16.2. The number of hydrogen-bond donors (Lipinski definition) is 0. The zero-order valence-corrected chi connectivity index (χ0v) is 15.5. The summed E-state index contributed by atoms with van der Waals surface area (Å²) in [5.41, 5.74) is 5.93. The molecule has 5 rings (SSSR count). The maximum Gasteiger partial charge on any atom is 0.233 e. The molecule has 0 N–H and O–H groups in total. The van der Waals surface area contributed by atoms with Gasteiger partial charge in [-0.3, -0.25) is 4.90 Å². The highest BCUT2D eigenvalue weighted by Crippen LogP contribution is 2.33. The smallest absolute Gasteiger partial charge is 0.233 e. The number of nitrogens with zero attached hydrogens (tertiary/aromatic N) is 5. The van der Waals surface area contributed by atoms with E-state index in [2.05, 4.69) is 69.0 Å². The first-order chi connectivity index (χ1) is 13.2. The molecule has 1 atom stereocenters. The SMILES string of the molecule is Cc1nnc([C@H]2Cc3ccccc3CN2Cc2cn3cccc(C)c3n2)o1. The number of rotatable bonds is 3. The summed E-state index contributed by atoms with van der Waals surface area (Å²) < 4.78 is 7.89. The fraction of sp³-hybridized carbons (Fsp3) is 0.286. The van der Waals surface area contributed by atoms with E-state index < -0.39 is 0 Å². The molecule has 0 amide bonds. The van der Waals surface area contributed by atoms with Gasteiger partial charge < -0.3 is 8.82 Å². The van der Waals surface area contributed by atoms with Gasteiger partial charge in [0, 0.05) is 32.4 Å². The molecule has 6 nitrogen and oxygen atoms in total. The van der Waals surface area contributed by atoms with Crippen LogP contribution in [0.15, 0.2) is 53.2 Å². The Hall–Kier alpha value is -2.99. The van der Waals surface area contributed by atoms with Crippen LogP contribution in [0, 0.1) is 13.8 Å². The molecule has 4 aromatic rings. The van der Waals surface area contributed by atoms with Crippen LogP contribution in [-0.2, 0) is 19.5 Å². The van der Waals surface area contributed by atoms with Gasteiger partial charge in [-0.25, -0.2) is 4.98 Å². The number of hydrogen-bond acceptors (Lipinski definition) is 5. The molecule has 3 aromatic heterocycles. The van der Waals surface area contributed by atoms with Crippen LogP contribution in [-0.4, -0.2) is 24.5 Å². The molecule has 6 heteroatoms. The molecule has 136 valence electrons. The van der Waals surface area contributed by atoms with Gasteiger partial charge in [-0.05, 0) is 36.1 Å². The molecule has 0 bridgehead atoms. The second-order valence-electron chi connectivity index (χ2n) is 7.21. The minimum atomic E-state index is 0.0620. The topological polar surface area (TPSA) is 59.5 Å². The summed E-state index contributed by atoms with van der Waals surface area (Å²) in [6, 6.07) is 12.8. The third-order valence-corrected chi connectivity index (χ3v) is 5.27. The van der Waals surface area contributed by atoms with Crippen molar-refractivity contribution in [2.24, 2.45) is 0 Å². The van der Waals surface area contributed by atoms with Crippen LogP contribution in [0.3, 0.4) is 0 Å². The monoisotopic (exact) mass is 359 g/mol. The van der Waals surface area contributed by atoms with Crippen LogP contribution in [0.1, 0.15) is 40.2 Å². The van der Waals surface area contributed by atoms with Gasteiger partial charge >= 0.3 is 0 Å². The average Bonchev–Trinajstić information content (AvgIpc) is 3.28. The molecule has 27 heavy (non-hydrogen) atoms. The summed E-state index contributed by atoms with van der Waals surface area (Å²) >= 11 is 0. The zero-order chi connectivity index (χ0) is 18.4. The Morgan fingerprint density at radius 2 is 1.93 bits per heavy atom. The molecule has 0 fully saturated rings. The van der Waals surface area contributed by atoms with E-state index in [1.807, 2.05) is 13.1 Å². The molecule has 0 saturated carbocycles. The number of aromatic nitrogens is 4. The van der Waals surface area contributed by atoms with E-state index in [0.717, 1.165) is 30.9 Å². The molecular formula is C21H21N5O. The molecule has 0 spiro atoms. The van der Waals surface area contributed by atoms with Gasteiger partial charge in [0.05, 0.1) is 11.7 Å². The number of benzene rings is 1. The summed E-state index contributed by atoms with van der Waals surface area (Å²) in [6.45, 7) is 5.51. The molecule has 1 aliphatic heterocycles. The largest absolute Gasteiger partial charge is 0.424 e. The van der Waals surface area contributed by atoms with Gasteiger partial charge in [0.2, 0.25) is 11.8 Å². The minimum Gasteiger partial charge on any atom is -0.424 e. The summed E-state index contributed by atoms with van der Waals surface area (Å²) in [5.74, 6) is 1.29. The lowest BCUT2D eigenvalue weighted by atomic mass is 9.94. The number of pyridine rings is 1. The minimum absolute atomic E-state index is 0.0620. The van der Waals surface area contributed by atoms with Crippen molar-refractivity contribution in [3.05, 3.63) is 83.0 Å². The van der Waals surface area contributed by atoms with E-state index in [1.165, 1.54) is 16.7 Å². The van der Waals surface area contributed by atoms with E-state index in [0.29, 0.717) is 11.8 Å². The maximum absolute atomic E-state index is 5.79. The zero-order valence-electron chi connectivity index (χ0n) is 15.5. The summed E-state index contributed by atoms with van der Waals surface area (Å²) in [7, 11) is 0. The quantitative estimate of drug-likeness (QED) is 0.559. The lowest BCUT2D eigenvalue weighted by Gasteiger charge is -2.34. The van der Waals surface area contributed by atoms with Crippen LogP contribution >= 0.6 is 0 Å². The van der Waals surface area contributed by atoms with Crippen LogP contribution < -0.4 is 0 Å². The van der Waals surface area contributed by atoms with Gasteiger partial charge in [-0.15, -0.1) is 10.2 Å². The van der Waals surface area contributed by atoms with Crippen molar-refractivity contribution in [3.8, 4) is 0 Å². The Kier molecular flexibility index (Phi) is 3.79. The molecule has 1 aliphatic rings.